The molecule has 2 atom stereocenters. The quantitative estimate of drug-likeness (QED) is 0.642. The fraction of sp³-hybridized carbons (Fsp3) is 0.889. The van der Waals surface area contributed by atoms with Gasteiger partial charge >= 0.3 is 0 Å². The average molecular weight is 172 g/mol. The molecule has 2 unspecified atom stereocenters. The minimum Gasteiger partial charge on any atom is -0.356 e. The molecule has 1 fully saturated rings. The van der Waals surface area contributed by atoms with Crippen molar-refractivity contribution < 1.29 is 14.3 Å². The van der Waals surface area contributed by atoms with Crippen LogP contribution in [-0.4, -0.2) is 25.8 Å². The molecule has 0 bridgehead atoms. The summed E-state index contributed by atoms with van der Waals surface area (Å²) < 4.78 is 10.4. The van der Waals surface area contributed by atoms with Crippen molar-refractivity contribution in [2.24, 2.45) is 5.92 Å². The number of ether oxygens (including phenoxy) is 2. The topological polar surface area (TPSA) is 35.5 Å². The smallest absolute Gasteiger partial charge is 0.160 e. The second kappa shape index (κ2) is 4.58. The highest BCUT2D eigenvalue weighted by Gasteiger charge is 2.27. The third-order valence-electron chi connectivity index (χ3n) is 2.26. The van der Waals surface area contributed by atoms with Gasteiger partial charge in [0.1, 0.15) is 5.78 Å². The molecule has 3 nitrogen and oxygen atoms in total. The van der Waals surface area contributed by atoms with E-state index in [1.54, 1.807) is 14.0 Å². The van der Waals surface area contributed by atoms with Gasteiger partial charge in [0.2, 0.25) is 0 Å². The Morgan fingerprint density at radius 2 is 2.42 bits per heavy atom. The molecule has 1 aliphatic rings. The molecule has 0 aliphatic carbocycles. The highest BCUT2D eigenvalue weighted by molar-refractivity contribution is 5.75. The van der Waals surface area contributed by atoms with Crippen molar-refractivity contribution in [1.29, 1.82) is 0 Å². The lowest BCUT2D eigenvalue weighted by Gasteiger charge is -2.15. The summed E-state index contributed by atoms with van der Waals surface area (Å²) in [6, 6.07) is 0. The molecule has 0 N–H and O–H groups in total. The highest BCUT2D eigenvalue weighted by Crippen LogP contribution is 2.25. The summed E-state index contributed by atoms with van der Waals surface area (Å²) in [4.78, 5) is 10.7. The summed E-state index contributed by atoms with van der Waals surface area (Å²) in [7, 11) is 1.65. The van der Waals surface area contributed by atoms with Crippen molar-refractivity contribution in [3.8, 4) is 0 Å². The van der Waals surface area contributed by atoms with Crippen LogP contribution in [0.1, 0.15) is 26.2 Å². The van der Waals surface area contributed by atoms with Gasteiger partial charge in [0, 0.05) is 19.4 Å². The van der Waals surface area contributed by atoms with Crippen LogP contribution in [-0.2, 0) is 14.3 Å². The highest BCUT2D eigenvalue weighted by atomic mass is 16.7. The van der Waals surface area contributed by atoms with E-state index in [0.29, 0.717) is 12.3 Å². The Morgan fingerprint density at radius 3 is 3.00 bits per heavy atom. The molecule has 0 spiro atoms. The Hall–Kier alpha value is -0.410. The number of carbonyl (C=O) groups is 1. The molecule has 1 rings (SSSR count). The maximum Gasteiger partial charge on any atom is 0.160 e. The van der Waals surface area contributed by atoms with E-state index in [4.69, 9.17) is 9.47 Å². The Labute approximate surface area is 73.0 Å². The molecule has 1 aliphatic heterocycles. The lowest BCUT2D eigenvalue weighted by molar-refractivity contribution is -0.120. The summed E-state index contributed by atoms with van der Waals surface area (Å²) in [5, 5.41) is 0. The number of carbonyl (C=O) groups excluding carboxylic acids is 1. The molecule has 0 aromatic rings. The van der Waals surface area contributed by atoms with Gasteiger partial charge in [0.25, 0.3) is 0 Å². The van der Waals surface area contributed by atoms with Gasteiger partial charge in [0.05, 0.1) is 6.61 Å². The minimum absolute atomic E-state index is 0.0793. The van der Waals surface area contributed by atoms with Crippen LogP contribution in [0.4, 0.5) is 0 Å². The molecule has 0 amide bonds. The summed E-state index contributed by atoms with van der Waals surface area (Å²) in [5.41, 5.74) is 0. The minimum atomic E-state index is -0.0793. The van der Waals surface area contributed by atoms with Crippen molar-refractivity contribution in [3.05, 3.63) is 0 Å². The zero-order chi connectivity index (χ0) is 8.97. The molecule has 0 aromatic carbocycles. The van der Waals surface area contributed by atoms with E-state index in [1.165, 1.54) is 0 Å². The Morgan fingerprint density at radius 1 is 1.67 bits per heavy atom. The first-order valence-corrected chi connectivity index (χ1v) is 4.38. The molecule has 12 heavy (non-hydrogen) atoms. The van der Waals surface area contributed by atoms with Crippen molar-refractivity contribution in [2.75, 3.05) is 13.7 Å². The van der Waals surface area contributed by atoms with Crippen LogP contribution in [0.25, 0.3) is 0 Å². The van der Waals surface area contributed by atoms with E-state index in [-0.39, 0.29) is 12.1 Å². The zero-order valence-corrected chi connectivity index (χ0v) is 7.71. The third-order valence-corrected chi connectivity index (χ3v) is 2.26. The van der Waals surface area contributed by atoms with Crippen LogP contribution in [0, 0.1) is 5.92 Å². The first-order valence-electron chi connectivity index (χ1n) is 4.38. The fourth-order valence-electron chi connectivity index (χ4n) is 1.54. The summed E-state index contributed by atoms with van der Waals surface area (Å²) in [6.45, 7) is 2.39. The van der Waals surface area contributed by atoms with Crippen LogP contribution in [0.2, 0.25) is 0 Å². The van der Waals surface area contributed by atoms with Crippen LogP contribution in [0.5, 0.6) is 0 Å². The number of methoxy groups -OCH3 is 1. The second-order valence-electron chi connectivity index (χ2n) is 3.26. The Bertz CT molecular complexity index is 156. The first-order chi connectivity index (χ1) is 5.74. The van der Waals surface area contributed by atoms with E-state index in [0.717, 1.165) is 19.4 Å². The molecule has 0 aromatic heterocycles. The number of hydrogen-bond donors (Lipinski definition) is 0. The van der Waals surface area contributed by atoms with Gasteiger partial charge in [-0.1, -0.05) is 0 Å². The average Bonchev–Trinajstić information content (AvgIpc) is 2.47. The number of rotatable bonds is 4. The van der Waals surface area contributed by atoms with Crippen LogP contribution < -0.4 is 0 Å². The molecule has 0 radical (unpaired) electrons. The van der Waals surface area contributed by atoms with Crippen LogP contribution in [0.3, 0.4) is 0 Å². The van der Waals surface area contributed by atoms with Gasteiger partial charge in [-0.05, 0) is 19.8 Å². The summed E-state index contributed by atoms with van der Waals surface area (Å²) in [6.07, 6.45) is 2.48. The predicted molar refractivity (Wildman–Crippen MR) is 44.8 cm³/mol. The van der Waals surface area contributed by atoms with E-state index >= 15 is 0 Å². The van der Waals surface area contributed by atoms with Crippen molar-refractivity contribution in [3.63, 3.8) is 0 Å². The fourth-order valence-corrected chi connectivity index (χ4v) is 1.54. The van der Waals surface area contributed by atoms with Crippen molar-refractivity contribution >= 4 is 5.78 Å². The van der Waals surface area contributed by atoms with Crippen LogP contribution in [0.15, 0.2) is 0 Å². The van der Waals surface area contributed by atoms with E-state index in [2.05, 4.69) is 0 Å². The predicted octanol–water partition coefficient (Wildman–Crippen LogP) is 1.36. The zero-order valence-electron chi connectivity index (χ0n) is 7.71. The van der Waals surface area contributed by atoms with E-state index in [9.17, 15) is 4.79 Å². The Balaban J connectivity index is 2.26. The molecule has 70 valence electrons. The largest absolute Gasteiger partial charge is 0.356 e. The monoisotopic (exact) mass is 172 g/mol. The van der Waals surface area contributed by atoms with Gasteiger partial charge in [-0.25, -0.2) is 0 Å². The van der Waals surface area contributed by atoms with Gasteiger partial charge in [-0.15, -0.1) is 0 Å². The normalized spacial score (nSPS) is 29.2. The third kappa shape index (κ3) is 2.57. The molecular weight excluding hydrogens is 156 g/mol. The maximum absolute atomic E-state index is 10.7. The molecule has 0 saturated carbocycles. The molecule has 1 saturated heterocycles. The maximum atomic E-state index is 10.7. The number of ketones is 1. The van der Waals surface area contributed by atoms with Gasteiger partial charge in [-0.3, -0.25) is 0 Å². The number of Topliss-reactive ketones (excluding diaryl/α,β-unsaturated/α-hetero) is 1. The Kier molecular flexibility index (Phi) is 3.69. The first kappa shape index (κ1) is 9.68. The van der Waals surface area contributed by atoms with Crippen LogP contribution >= 0.6 is 0 Å². The molecular formula is C9H16O3. The lowest BCUT2D eigenvalue weighted by Crippen LogP contribution is -2.18. The van der Waals surface area contributed by atoms with Crippen molar-refractivity contribution in [1.82, 2.24) is 0 Å². The second-order valence-corrected chi connectivity index (χ2v) is 3.26. The standard InChI is InChI=1S/C9H16O3/c1-7(10)3-4-8-5-6-12-9(8)11-2/h8-9H,3-6H2,1-2H3. The lowest BCUT2D eigenvalue weighted by atomic mass is 10.00. The van der Waals surface area contributed by atoms with Gasteiger partial charge in [0.15, 0.2) is 6.29 Å². The van der Waals surface area contributed by atoms with E-state index < -0.39 is 0 Å². The van der Waals surface area contributed by atoms with Gasteiger partial charge < -0.3 is 14.3 Å². The summed E-state index contributed by atoms with van der Waals surface area (Å²) in [5.74, 6) is 0.663. The van der Waals surface area contributed by atoms with E-state index in [1.807, 2.05) is 0 Å². The molecule has 3 heteroatoms. The van der Waals surface area contributed by atoms with Crippen molar-refractivity contribution in [2.45, 2.75) is 32.5 Å². The number of hydrogen-bond acceptors (Lipinski definition) is 3. The van der Waals surface area contributed by atoms with Gasteiger partial charge in [-0.2, -0.15) is 0 Å². The molecule has 1 heterocycles. The SMILES string of the molecule is COC1OCCC1CCC(C)=O. The summed E-state index contributed by atoms with van der Waals surface area (Å²) >= 11 is 0.